The van der Waals surface area contributed by atoms with Crippen molar-refractivity contribution >= 4 is 5.91 Å². The SMILES string of the molecule is CC(C)C(=O)NC(C)(C)c1ccc2c(c1)OCCO2. The minimum Gasteiger partial charge on any atom is -0.486 e. The molecule has 0 bridgehead atoms. The van der Waals surface area contributed by atoms with Crippen LogP contribution in [0.1, 0.15) is 33.3 Å². The van der Waals surface area contributed by atoms with Crippen molar-refractivity contribution in [3.63, 3.8) is 0 Å². The van der Waals surface area contributed by atoms with Gasteiger partial charge in [0.15, 0.2) is 11.5 Å². The van der Waals surface area contributed by atoms with Crippen LogP contribution in [0.3, 0.4) is 0 Å². The van der Waals surface area contributed by atoms with Crippen LogP contribution in [0.4, 0.5) is 0 Å². The van der Waals surface area contributed by atoms with Crippen LogP contribution in [0, 0.1) is 5.92 Å². The van der Waals surface area contributed by atoms with Crippen LogP contribution >= 0.6 is 0 Å². The molecular weight excluding hydrogens is 242 g/mol. The normalized spacial score (nSPS) is 14.4. The Morgan fingerprint density at radius 3 is 2.47 bits per heavy atom. The van der Waals surface area contributed by atoms with E-state index in [0.29, 0.717) is 13.2 Å². The summed E-state index contributed by atoms with van der Waals surface area (Å²) < 4.78 is 11.1. The average molecular weight is 263 g/mol. The third kappa shape index (κ3) is 3.00. The highest BCUT2D eigenvalue weighted by Gasteiger charge is 2.26. The summed E-state index contributed by atoms with van der Waals surface area (Å²) in [6, 6.07) is 5.80. The molecule has 1 aliphatic rings. The van der Waals surface area contributed by atoms with Gasteiger partial charge in [0.2, 0.25) is 5.91 Å². The van der Waals surface area contributed by atoms with Gasteiger partial charge < -0.3 is 14.8 Å². The highest BCUT2D eigenvalue weighted by molar-refractivity contribution is 5.78. The van der Waals surface area contributed by atoms with E-state index in [2.05, 4.69) is 5.32 Å². The number of hydrogen-bond donors (Lipinski definition) is 1. The molecule has 1 aliphatic heterocycles. The average Bonchev–Trinajstić information content (AvgIpc) is 2.37. The lowest BCUT2D eigenvalue weighted by molar-refractivity contribution is -0.125. The second-order valence-electron chi connectivity index (χ2n) is 5.63. The topological polar surface area (TPSA) is 47.6 Å². The van der Waals surface area contributed by atoms with Gasteiger partial charge in [-0.1, -0.05) is 19.9 Å². The molecule has 1 aromatic carbocycles. The van der Waals surface area contributed by atoms with Gasteiger partial charge in [-0.2, -0.15) is 0 Å². The first-order valence-corrected chi connectivity index (χ1v) is 6.62. The van der Waals surface area contributed by atoms with E-state index in [1.165, 1.54) is 0 Å². The lowest BCUT2D eigenvalue weighted by Gasteiger charge is -2.29. The van der Waals surface area contributed by atoms with Gasteiger partial charge in [0.25, 0.3) is 0 Å². The fraction of sp³-hybridized carbons (Fsp3) is 0.533. The van der Waals surface area contributed by atoms with Crippen molar-refractivity contribution in [3.05, 3.63) is 23.8 Å². The van der Waals surface area contributed by atoms with Crippen molar-refractivity contribution in [2.45, 2.75) is 33.2 Å². The molecule has 0 atom stereocenters. The van der Waals surface area contributed by atoms with E-state index in [1.54, 1.807) is 0 Å². The Kier molecular flexibility index (Phi) is 3.69. The van der Waals surface area contributed by atoms with Crippen LogP contribution in [0.5, 0.6) is 11.5 Å². The van der Waals surface area contributed by atoms with Crippen LogP contribution in [0.25, 0.3) is 0 Å². The molecule has 4 nitrogen and oxygen atoms in total. The smallest absolute Gasteiger partial charge is 0.223 e. The summed E-state index contributed by atoms with van der Waals surface area (Å²) in [6.07, 6.45) is 0. The highest BCUT2D eigenvalue weighted by Crippen LogP contribution is 2.34. The second kappa shape index (κ2) is 5.11. The number of carbonyl (C=O) groups is 1. The first kappa shape index (κ1) is 13.7. The zero-order chi connectivity index (χ0) is 14.0. The van der Waals surface area contributed by atoms with Crippen LogP contribution in [0.15, 0.2) is 18.2 Å². The van der Waals surface area contributed by atoms with E-state index in [-0.39, 0.29) is 11.8 Å². The molecule has 0 aliphatic carbocycles. The van der Waals surface area contributed by atoms with Gasteiger partial charge in [0, 0.05) is 5.92 Å². The number of hydrogen-bond acceptors (Lipinski definition) is 3. The molecule has 19 heavy (non-hydrogen) atoms. The van der Waals surface area contributed by atoms with Gasteiger partial charge in [-0.25, -0.2) is 0 Å². The summed E-state index contributed by atoms with van der Waals surface area (Å²) in [6.45, 7) is 8.89. The molecule has 0 fully saturated rings. The van der Waals surface area contributed by atoms with Gasteiger partial charge in [-0.3, -0.25) is 4.79 Å². The molecule has 0 spiro atoms. The van der Waals surface area contributed by atoms with E-state index in [0.717, 1.165) is 17.1 Å². The van der Waals surface area contributed by atoms with Crippen molar-refractivity contribution in [2.24, 2.45) is 5.92 Å². The predicted molar refractivity (Wildman–Crippen MR) is 73.4 cm³/mol. The summed E-state index contributed by atoms with van der Waals surface area (Å²) in [4.78, 5) is 11.9. The molecule has 1 heterocycles. The number of rotatable bonds is 3. The third-order valence-electron chi connectivity index (χ3n) is 3.22. The maximum Gasteiger partial charge on any atom is 0.223 e. The van der Waals surface area contributed by atoms with Crippen molar-refractivity contribution in [2.75, 3.05) is 13.2 Å². The van der Waals surface area contributed by atoms with E-state index in [9.17, 15) is 4.79 Å². The maximum absolute atomic E-state index is 11.9. The minimum absolute atomic E-state index is 0.0310. The Morgan fingerprint density at radius 2 is 1.84 bits per heavy atom. The minimum atomic E-state index is -0.433. The molecule has 0 aromatic heterocycles. The van der Waals surface area contributed by atoms with Crippen molar-refractivity contribution in [1.82, 2.24) is 5.32 Å². The van der Waals surface area contributed by atoms with E-state index < -0.39 is 5.54 Å². The number of carbonyl (C=O) groups excluding carboxylic acids is 1. The van der Waals surface area contributed by atoms with Crippen LogP contribution < -0.4 is 14.8 Å². The molecule has 2 rings (SSSR count). The van der Waals surface area contributed by atoms with E-state index >= 15 is 0 Å². The summed E-state index contributed by atoms with van der Waals surface area (Å²) in [5, 5.41) is 3.04. The summed E-state index contributed by atoms with van der Waals surface area (Å²) in [5.41, 5.74) is 0.572. The van der Waals surface area contributed by atoms with Gasteiger partial charge in [0.1, 0.15) is 13.2 Å². The Balaban J connectivity index is 2.22. The fourth-order valence-electron chi connectivity index (χ4n) is 1.96. The van der Waals surface area contributed by atoms with Crippen LogP contribution in [-0.4, -0.2) is 19.1 Å². The van der Waals surface area contributed by atoms with E-state index in [1.807, 2.05) is 45.9 Å². The maximum atomic E-state index is 11.9. The summed E-state index contributed by atoms with van der Waals surface area (Å²) >= 11 is 0. The molecule has 0 radical (unpaired) electrons. The molecule has 1 aromatic rings. The molecule has 1 amide bonds. The Bertz CT molecular complexity index is 480. The first-order chi connectivity index (χ1) is 8.90. The standard InChI is InChI=1S/C15H21NO3/c1-10(2)14(17)16-15(3,4)11-5-6-12-13(9-11)19-8-7-18-12/h5-6,9-10H,7-8H2,1-4H3,(H,16,17). The Hall–Kier alpha value is -1.71. The molecule has 104 valence electrons. The van der Waals surface area contributed by atoms with Gasteiger partial charge in [-0.15, -0.1) is 0 Å². The molecule has 1 N–H and O–H groups in total. The van der Waals surface area contributed by atoms with E-state index in [4.69, 9.17) is 9.47 Å². The molecule has 4 heteroatoms. The largest absolute Gasteiger partial charge is 0.486 e. The van der Waals surface area contributed by atoms with Crippen molar-refractivity contribution < 1.29 is 14.3 Å². The summed E-state index contributed by atoms with van der Waals surface area (Å²) in [5.74, 6) is 1.52. The lowest BCUT2D eigenvalue weighted by atomic mass is 9.93. The third-order valence-corrected chi connectivity index (χ3v) is 3.22. The van der Waals surface area contributed by atoms with Gasteiger partial charge >= 0.3 is 0 Å². The fourth-order valence-corrected chi connectivity index (χ4v) is 1.96. The first-order valence-electron chi connectivity index (χ1n) is 6.62. The second-order valence-corrected chi connectivity index (χ2v) is 5.63. The quantitative estimate of drug-likeness (QED) is 0.911. The predicted octanol–water partition coefficient (Wildman–Crippen LogP) is 2.47. The van der Waals surface area contributed by atoms with Gasteiger partial charge in [-0.05, 0) is 31.5 Å². The lowest BCUT2D eigenvalue weighted by Crippen LogP contribution is -2.43. The van der Waals surface area contributed by atoms with Crippen molar-refractivity contribution in [3.8, 4) is 11.5 Å². The Morgan fingerprint density at radius 1 is 1.21 bits per heavy atom. The molecule has 0 unspecified atom stereocenters. The number of amides is 1. The molecule has 0 saturated heterocycles. The highest BCUT2D eigenvalue weighted by atomic mass is 16.6. The number of benzene rings is 1. The van der Waals surface area contributed by atoms with Crippen LogP contribution in [-0.2, 0) is 10.3 Å². The zero-order valence-electron chi connectivity index (χ0n) is 11.9. The zero-order valence-corrected chi connectivity index (χ0v) is 11.9. The number of fused-ring (bicyclic) bond motifs is 1. The molecular formula is C15H21NO3. The number of ether oxygens (including phenoxy) is 2. The van der Waals surface area contributed by atoms with Gasteiger partial charge in [0.05, 0.1) is 5.54 Å². The van der Waals surface area contributed by atoms with Crippen LogP contribution in [0.2, 0.25) is 0 Å². The molecule has 0 saturated carbocycles. The monoisotopic (exact) mass is 263 g/mol. The van der Waals surface area contributed by atoms with Crippen molar-refractivity contribution in [1.29, 1.82) is 0 Å². The summed E-state index contributed by atoms with van der Waals surface area (Å²) in [7, 11) is 0. The Labute approximate surface area is 114 Å². The number of nitrogens with one attached hydrogen (secondary N) is 1.